The lowest BCUT2D eigenvalue weighted by Crippen LogP contribution is -2.42. The van der Waals surface area contributed by atoms with Crippen molar-refractivity contribution in [2.45, 2.75) is 38.3 Å². The number of nitrogens with one attached hydrogen (secondary N) is 2. The molecule has 0 radical (unpaired) electrons. The van der Waals surface area contributed by atoms with E-state index in [-0.39, 0.29) is 5.91 Å². The maximum atomic E-state index is 11.7. The smallest absolute Gasteiger partial charge is 0.278 e. The molecule has 1 fully saturated rings. The van der Waals surface area contributed by atoms with Crippen LogP contribution in [-0.4, -0.2) is 16.9 Å². The van der Waals surface area contributed by atoms with Gasteiger partial charge < -0.3 is 10.6 Å². The number of thiocarbonyl (C=S) groups is 1. The van der Waals surface area contributed by atoms with Crippen molar-refractivity contribution in [1.82, 2.24) is 10.6 Å². The summed E-state index contributed by atoms with van der Waals surface area (Å²) in [6.45, 7) is 0.559. The second-order valence-electron chi connectivity index (χ2n) is 4.22. The summed E-state index contributed by atoms with van der Waals surface area (Å²) in [7, 11) is 0. The van der Waals surface area contributed by atoms with Gasteiger partial charge in [-0.25, -0.2) is 0 Å². The number of carbonyl (C=O) groups is 1. The molecule has 1 aliphatic rings. The first-order valence-electron chi connectivity index (χ1n) is 5.87. The van der Waals surface area contributed by atoms with Crippen LogP contribution in [0, 0.1) is 0 Å². The summed E-state index contributed by atoms with van der Waals surface area (Å²) in [6.07, 6.45) is 4.71. The monoisotopic (exact) mass is 268 g/mol. The van der Waals surface area contributed by atoms with E-state index in [1.54, 1.807) is 11.3 Å². The molecular weight excluding hydrogens is 252 g/mol. The van der Waals surface area contributed by atoms with Crippen LogP contribution in [0.2, 0.25) is 0 Å². The molecule has 3 nitrogen and oxygen atoms in total. The van der Waals surface area contributed by atoms with E-state index in [0.717, 1.165) is 17.7 Å². The van der Waals surface area contributed by atoms with Crippen molar-refractivity contribution in [2.24, 2.45) is 0 Å². The van der Waals surface area contributed by atoms with Crippen LogP contribution in [0.15, 0.2) is 17.5 Å². The Morgan fingerprint density at radius 3 is 2.88 bits per heavy atom. The highest BCUT2D eigenvalue weighted by molar-refractivity contribution is 7.82. The van der Waals surface area contributed by atoms with Crippen LogP contribution in [0.25, 0.3) is 0 Å². The van der Waals surface area contributed by atoms with Crippen molar-refractivity contribution in [1.29, 1.82) is 0 Å². The van der Waals surface area contributed by atoms with Gasteiger partial charge in [0.05, 0.1) is 6.54 Å². The van der Waals surface area contributed by atoms with Crippen molar-refractivity contribution in [3.05, 3.63) is 22.4 Å². The maximum absolute atomic E-state index is 11.7. The van der Waals surface area contributed by atoms with E-state index < -0.39 is 0 Å². The average Bonchev–Trinajstić information content (AvgIpc) is 2.98. The highest BCUT2D eigenvalue weighted by atomic mass is 32.1. The molecular formula is C12H16N2OS2. The fraction of sp³-hybridized carbons (Fsp3) is 0.500. The minimum Gasteiger partial charge on any atom is -0.369 e. The largest absolute Gasteiger partial charge is 0.369 e. The summed E-state index contributed by atoms with van der Waals surface area (Å²) in [6, 6.07) is 4.37. The minimum absolute atomic E-state index is 0.166. The van der Waals surface area contributed by atoms with Gasteiger partial charge in [0.1, 0.15) is 0 Å². The van der Waals surface area contributed by atoms with Gasteiger partial charge in [-0.05, 0) is 24.3 Å². The Hall–Kier alpha value is -0.940. The van der Waals surface area contributed by atoms with Gasteiger partial charge >= 0.3 is 0 Å². The molecule has 1 aromatic rings. The molecule has 1 saturated carbocycles. The fourth-order valence-corrected chi connectivity index (χ4v) is 2.87. The van der Waals surface area contributed by atoms with Gasteiger partial charge in [-0.2, -0.15) is 0 Å². The Morgan fingerprint density at radius 2 is 2.24 bits per heavy atom. The van der Waals surface area contributed by atoms with E-state index in [1.165, 1.54) is 12.8 Å². The zero-order chi connectivity index (χ0) is 12.1. The molecule has 0 bridgehead atoms. The van der Waals surface area contributed by atoms with Crippen molar-refractivity contribution in [3.8, 4) is 0 Å². The van der Waals surface area contributed by atoms with Crippen LogP contribution in [0.5, 0.6) is 0 Å². The number of hydrogen-bond donors (Lipinski definition) is 2. The lowest BCUT2D eigenvalue weighted by molar-refractivity contribution is -0.115. The van der Waals surface area contributed by atoms with Gasteiger partial charge in [-0.3, -0.25) is 4.79 Å². The Kier molecular flexibility index (Phi) is 4.50. The Bertz CT molecular complexity index is 383. The first-order valence-corrected chi connectivity index (χ1v) is 7.15. The van der Waals surface area contributed by atoms with Gasteiger partial charge in [0.15, 0.2) is 4.99 Å². The molecule has 1 aromatic heterocycles. The third-order valence-electron chi connectivity index (χ3n) is 2.90. The molecule has 2 N–H and O–H groups in total. The van der Waals surface area contributed by atoms with Gasteiger partial charge in [-0.15, -0.1) is 11.3 Å². The Morgan fingerprint density at radius 1 is 1.47 bits per heavy atom. The molecule has 0 spiro atoms. The predicted molar refractivity (Wildman–Crippen MR) is 74.2 cm³/mol. The SMILES string of the molecule is O=C(NCc1cccs1)C(=S)NC1CCCC1. The maximum Gasteiger partial charge on any atom is 0.278 e. The summed E-state index contributed by atoms with van der Waals surface area (Å²) >= 11 is 6.72. The van der Waals surface area contributed by atoms with Gasteiger partial charge in [0.25, 0.3) is 5.91 Å². The lowest BCUT2D eigenvalue weighted by atomic mass is 10.2. The predicted octanol–water partition coefficient (Wildman–Crippen LogP) is 2.22. The van der Waals surface area contributed by atoms with Crippen LogP contribution < -0.4 is 10.6 Å². The van der Waals surface area contributed by atoms with E-state index in [2.05, 4.69) is 10.6 Å². The highest BCUT2D eigenvalue weighted by Crippen LogP contribution is 2.17. The minimum atomic E-state index is -0.166. The zero-order valence-corrected chi connectivity index (χ0v) is 11.2. The fourth-order valence-electron chi connectivity index (χ4n) is 1.98. The van der Waals surface area contributed by atoms with Gasteiger partial charge in [0, 0.05) is 10.9 Å². The third kappa shape index (κ3) is 3.78. The molecule has 0 aliphatic heterocycles. The summed E-state index contributed by atoms with van der Waals surface area (Å²) < 4.78 is 0. The van der Waals surface area contributed by atoms with Crippen LogP contribution in [0.4, 0.5) is 0 Å². The van der Waals surface area contributed by atoms with Gasteiger partial charge in [-0.1, -0.05) is 31.1 Å². The lowest BCUT2D eigenvalue weighted by Gasteiger charge is -2.13. The molecule has 5 heteroatoms. The first-order chi connectivity index (χ1) is 8.25. The van der Waals surface area contributed by atoms with Crippen LogP contribution >= 0.6 is 23.6 Å². The molecule has 0 atom stereocenters. The Balaban J connectivity index is 1.73. The third-order valence-corrected chi connectivity index (χ3v) is 4.08. The number of thiophene rings is 1. The topological polar surface area (TPSA) is 41.1 Å². The zero-order valence-electron chi connectivity index (χ0n) is 9.57. The normalized spacial score (nSPS) is 15.8. The second-order valence-corrected chi connectivity index (χ2v) is 5.66. The van der Waals surface area contributed by atoms with Crippen molar-refractivity contribution in [3.63, 3.8) is 0 Å². The summed E-state index contributed by atoms with van der Waals surface area (Å²) in [4.78, 5) is 13.2. The van der Waals surface area contributed by atoms with Crippen LogP contribution in [0.1, 0.15) is 30.6 Å². The standard InChI is InChI=1S/C12H16N2OS2/c15-11(13-8-10-6-3-7-17-10)12(16)14-9-4-1-2-5-9/h3,6-7,9H,1-2,4-5,8H2,(H,13,15)(H,14,16). The molecule has 1 aliphatic carbocycles. The van der Waals surface area contributed by atoms with Gasteiger partial charge in [0.2, 0.25) is 0 Å². The van der Waals surface area contributed by atoms with E-state index >= 15 is 0 Å². The molecule has 1 amide bonds. The second kappa shape index (κ2) is 6.12. The quantitative estimate of drug-likeness (QED) is 0.826. The molecule has 92 valence electrons. The van der Waals surface area contributed by atoms with E-state index in [0.29, 0.717) is 17.6 Å². The van der Waals surface area contributed by atoms with Crippen molar-refractivity contribution in [2.75, 3.05) is 0 Å². The molecule has 0 aromatic carbocycles. The van der Waals surface area contributed by atoms with Crippen LogP contribution in [0.3, 0.4) is 0 Å². The summed E-state index contributed by atoms with van der Waals surface area (Å²) in [5, 5.41) is 7.95. The average molecular weight is 268 g/mol. The molecule has 0 unspecified atom stereocenters. The van der Waals surface area contributed by atoms with E-state index in [1.807, 2.05) is 17.5 Å². The summed E-state index contributed by atoms with van der Waals surface area (Å²) in [5.74, 6) is -0.166. The highest BCUT2D eigenvalue weighted by Gasteiger charge is 2.18. The molecule has 1 heterocycles. The molecule has 2 rings (SSSR count). The number of hydrogen-bond acceptors (Lipinski definition) is 3. The summed E-state index contributed by atoms with van der Waals surface area (Å²) in [5.41, 5.74) is 0. The van der Waals surface area contributed by atoms with E-state index in [4.69, 9.17) is 12.2 Å². The Labute approximate surface area is 111 Å². The number of amides is 1. The van der Waals surface area contributed by atoms with Crippen molar-refractivity contribution < 1.29 is 4.79 Å². The first kappa shape index (κ1) is 12.5. The number of rotatable bonds is 3. The van der Waals surface area contributed by atoms with E-state index in [9.17, 15) is 4.79 Å². The molecule has 17 heavy (non-hydrogen) atoms. The van der Waals surface area contributed by atoms with Crippen LogP contribution in [-0.2, 0) is 11.3 Å². The number of carbonyl (C=O) groups excluding carboxylic acids is 1. The van der Waals surface area contributed by atoms with Crippen molar-refractivity contribution >= 4 is 34.5 Å². The molecule has 0 saturated heterocycles.